The molecule has 0 bridgehead atoms. The minimum absolute atomic E-state index is 0.00394. The predicted molar refractivity (Wildman–Crippen MR) is 81.7 cm³/mol. The van der Waals surface area contributed by atoms with Crippen molar-refractivity contribution in [3.63, 3.8) is 0 Å². The molecule has 1 aromatic rings. The van der Waals surface area contributed by atoms with Gasteiger partial charge in [-0.2, -0.15) is 0 Å². The Kier molecular flexibility index (Phi) is 5.06. The van der Waals surface area contributed by atoms with Gasteiger partial charge >= 0.3 is 0 Å². The zero-order chi connectivity index (χ0) is 14.8. The van der Waals surface area contributed by atoms with Crippen molar-refractivity contribution in [2.45, 2.75) is 36.7 Å². The number of benzene rings is 1. The number of hydrogen-bond donors (Lipinski definition) is 3. The van der Waals surface area contributed by atoms with Gasteiger partial charge in [0.2, 0.25) is 10.0 Å². The van der Waals surface area contributed by atoms with E-state index in [1.807, 2.05) is 0 Å². The molecule has 1 aliphatic rings. The van der Waals surface area contributed by atoms with Crippen LogP contribution >= 0.6 is 15.9 Å². The van der Waals surface area contributed by atoms with E-state index in [0.717, 1.165) is 25.7 Å². The van der Waals surface area contributed by atoms with E-state index in [9.17, 15) is 13.5 Å². The molecule has 1 saturated carbocycles. The molecule has 4 N–H and O–H groups in total. The van der Waals surface area contributed by atoms with Crippen molar-refractivity contribution in [2.24, 2.45) is 5.92 Å². The molecule has 0 amide bonds. The molecule has 0 aromatic heterocycles. The topological polar surface area (TPSA) is 92.4 Å². The van der Waals surface area contributed by atoms with Crippen molar-refractivity contribution in [2.75, 3.05) is 12.3 Å². The van der Waals surface area contributed by atoms with Crippen LogP contribution in [0.3, 0.4) is 0 Å². The number of sulfonamides is 1. The number of nitrogens with one attached hydrogen (secondary N) is 1. The van der Waals surface area contributed by atoms with E-state index in [2.05, 4.69) is 20.7 Å². The lowest BCUT2D eigenvalue weighted by Crippen LogP contribution is -2.36. The van der Waals surface area contributed by atoms with Crippen LogP contribution in [0.1, 0.15) is 25.7 Å². The van der Waals surface area contributed by atoms with Crippen molar-refractivity contribution in [1.29, 1.82) is 0 Å². The zero-order valence-electron chi connectivity index (χ0n) is 11.0. The van der Waals surface area contributed by atoms with Crippen LogP contribution in [-0.4, -0.2) is 26.2 Å². The Morgan fingerprint density at radius 1 is 1.35 bits per heavy atom. The van der Waals surface area contributed by atoms with Crippen LogP contribution in [0, 0.1) is 5.92 Å². The summed E-state index contributed by atoms with van der Waals surface area (Å²) in [6, 6.07) is 4.50. The Hall–Kier alpha value is -0.630. The SMILES string of the molecule is Nc1ccc(S(=O)(=O)NCC2CCCCC2O)cc1Br. The average molecular weight is 363 g/mol. The van der Waals surface area contributed by atoms with Crippen molar-refractivity contribution in [3.8, 4) is 0 Å². The number of rotatable bonds is 4. The Labute approximate surface area is 127 Å². The lowest BCUT2D eigenvalue weighted by Gasteiger charge is -2.27. The van der Waals surface area contributed by atoms with Crippen LogP contribution in [0.25, 0.3) is 0 Å². The van der Waals surface area contributed by atoms with Crippen molar-refractivity contribution in [1.82, 2.24) is 4.72 Å². The van der Waals surface area contributed by atoms with Gasteiger partial charge in [0.05, 0.1) is 11.0 Å². The van der Waals surface area contributed by atoms with Crippen LogP contribution in [0.4, 0.5) is 5.69 Å². The summed E-state index contributed by atoms with van der Waals surface area (Å²) in [5.41, 5.74) is 6.14. The summed E-state index contributed by atoms with van der Waals surface area (Å²) in [7, 11) is -3.57. The van der Waals surface area contributed by atoms with E-state index < -0.39 is 16.1 Å². The second-order valence-electron chi connectivity index (χ2n) is 5.15. The van der Waals surface area contributed by atoms with Gasteiger partial charge in [0, 0.05) is 16.7 Å². The summed E-state index contributed by atoms with van der Waals surface area (Å²) in [5, 5.41) is 9.86. The van der Waals surface area contributed by atoms with E-state index in [-0.39, 0.29) is 17.4 Å². The van der Waals surface area contributed by atoms with Gasteiger partial charge in [-0.05, 0) is 52.9 Å². The third kappa shape index (κ3) is 3.72. The number of anilines is 1. The monoisotopic (exact) mass is 362 g/mol. The molecule has 1 fully saturated rings. The Morgan fingerprint density at radius 3 is 2.70 bits per heavy atom. The van der Waals surface area contributed by atoms with Crippen LogP contribution in [0.15, 0.2) is 27.6 Å². The molecule has 5 nitrogen and oxygen atoms in total. The van der Waals surface area contributed by atoms with Gasteiger partial charge < -0.3 is 10.8 Å². The highest BCUT2D eigenvalue weighted by Gasteiger charge is 2.25. The minimum atomic E-state index is -3.57. The molecule has 0 heterocycles. The van der Waals surface area contributed by atoms with E-state index in [1.165, 1.54) is 12.1 Å². The molecule has 0 saturated heterocycles. The first kappa shape index (κ1) is 15.8. The highest BCUT2D eigenvalue weighted by Crippen LogP contribution is 2.25. The smallest absolute Gasteiger partial charge is 0.240 e. The number of aliphatic hydroxyl groups is 1. The van der Waals surface area contributed by atoms with Gasteiger partial charge in [0.15, 0.2) is 0 Å². The quantitative estimate of drug-likeness (QED) is 0.712. The molecule has 0 spiro atoms. The third-order valence-corrected chi connectivity index (χ3v) is 5.79. The van der Waals surface area contributed by atoms with Gasteiger partial charge in [-0.15, -0.1) is 0 Å². The van der Waals surface area contributed by atoms with Crippen LogP contribution < -0.4 is 10.5 Å². The Morgan fingerprint density at radius 2 is 2.05 bits per heavy atom. The summed E-state index contributed by atoms with van der Waals surface area (Å²) in [6.07, 6.45) is 3.24. The lowest BCUT2D eigenvalue weighted by atomic mass is 9.87. The molecule has 1 aromatic carbocycles. The summed E-state index contributed by atoms with van der Waals surface area (Å²) >= 11 is 3.22. The molecule has 112 valence electrons. The maximum atomic E-state index is 12.2. The fourth-order valence-electron chi connectivity index (χ4n) is 2.40. The van der Waals surface area contributed by atoms with Gasteiger partial charge in [-0.1, -0.05) is 12.8 Å². The summed E-state index contributed by atoms with van der Waals surface area (Å²) < 4.78 is 27.5. The molecule has 7 heteroatoms. The third-order valence-electron chi connectivity index (χ3n) is 3.69. The highest BCUT2D eigenvalue weighted by molar-refractivity contribution is 9.10. The number of halogens is 1. The molecule has 0 radical (unpaired) electrons. The fraction of sp³-hybridized carbons (Fsp3) is 0.538. The summed E-state index contributed by atoms with van der Waals surface area (Å²) in [6.45, 7) is 0.269. The molecular weight excluding hydrogens is 344 g/mol. The highest BCUT2D eigenvalue weighted by atomic mass is 79.9. The first-order valence-electron chi connectivity index (χ1n) is 6.63. The second-order valence-corrected chi connectivity index (χ2v) is 7.77. The first-order valence-corrected chi connectivity index (χ1v) is 8.90. The lowest BCUT2D eigenvalue weighted by molar-refractivity contribution is 0.0724. The van der Waals surface area contributed by atoms with Crippen molar-refractivity contribution >= 4 is 31.6 Å². The molecule has 2 unspecified atom stereocenters. The largest absolute Gasteiger partial charge is 0.398 e. The van der Waals surface area contributed by atoms with Crippen molar-refractivity contribution < 1.29 is 13.5 Å². The molecule has 20 heavy (non-hydrogen) atoms. The standard InChI is InChI=1S/C13H19BrN2O3S/c14-11-7-10(5-6-12(11)15)20(18,19)16-8-9-3-1-2-4-13(9)17/h5-7,9,13,16-17H,1-4,8,15H2. The fourth-order valence-corrected chi connectivity index (χ4v) is 4.05. The average Bonchev–Trinajstić information content (AvgIpc) is 2.41. The van der Waals surface area contributed by atoms with Crippen LogP contribution in [0.2, 0.25) is 0 Å². The molecular formula is C13H19BrN2O3S. The number of aliphatic hydroxyl groups excluding tert-OH is 1. The van der Waals surface area contributed by atoms with Gasteiger partial charge in [-0.3, -0.25) is 0 Å². The number of nitrogens with two attached hydrogens (primary N) is 1. The zero-order valence-corrected chi connectivity index (χ0v) is 13.5. The molecule has 2 rings (SSSR count). The van der Waals surface area contributed by atoms with Crippen molar-refractivity contribution in [3.05, 3.63) is 22.7 Å². The number of nitrogen functional groups attached to an aromatic ring is 1. The van der Waals surface area contributed by atoms with Gasteiger partial charge in [-0.25, -0.2) is 13.1 Å². The number of hydrogen-bond acceptors (Lipinski definition) is 4. The van der Waals surface area contributed by atoms with Crippen LogP contribution in [0.5, 0.6) is 0 Å². The van der Waals surface area contributed by atoms with E-state index in [0.29, 0.717) is 10.2 Å². The van der Waals surface area contributed by atoms with Gasteiger partial charge in [0.25, 0.3) is 0 Å². The maximum Gasteiger partial charge on any atom is 0.240 e. The molecule has 2 atom stereocenters. The summed E-state index contributed by atoms with van der Waals surface area (Å²) in [5.74, 6) is -0.00394. The predicted octanol–water partition coefficient (Wildman–Crippen LogP) is 1.86. The first-order chi connectivity index (χ1) is 9.40. The molecule has 0 aliphatic heterocycles. The van der Waals surface area contributed by atoms with Gasteiger partial charge in [0.1, 0.15) is 0 Å². The Bertz CT molecular complexity index is 577. The Balaban J connectivity index is 2.05. The maximum absolute atomic E-state index is 12.2. The minimum Gasteiger partial charge on any atom is -0.398 e. The summed E-state index contributed by atoms with van der Waals surface area (Å²) in [4.78, 5) is 0.170. The normalized spacial score (nSPS) is 23.7. The van der Waals surface area contributed by atoms with Crippen LogP contribution in [-0.2, 0) is 10.0 Å². The van der Waals surface area contributed by atoms with E-state index in [1.54, 1.807) is 6.07 Å². The van der Waals surface area contributed by atoms with E-state index >= 15 is 0 Å². The van der Waals surface area contributed by atoms with E-state index in [4.69, 9.17) is 5.73 Å². The molecule has 1 aliphatic carbocycles. The second kappa shape index (κ2) is 6.43.